The molecule has 2 rings (SSSR count). The zero-order valence-corrected chi connectivity index (χ0v) is 13.8. The minimum Gasteiger partial charge on any atom is -0.312 e. The molecule has 0 bridgehead atoms. The highest BCUT2D eigenvalue weighted by atomic mass is 32.2. The van der Waals surface area contributed by atoms with Crippen molar-refractivity contribution < 1.29 is 0 Å². The first-order valence-electron chi connectivity index (χ1n) is 7.63. The summed E-state index contributed by atoms with van der Waals surface area (Å²) in [6.45, 7) is 6.53. The largest absolute Gasteiger partial charge is 0.312 e. The Morgan fingerprint density at radius 2 is 2.11 bits per heavy atom. The van der Waals surface area contributed by atoms with Crippen molar-refractivity contribution in [2.75, 3.05) is 6.54 Å². The van der Waals surface area contributed by atoms with Gasteiger partial charge in [0.05, 0.1) is 5.69 Å². The van der Waals surface area contributed by atoms with Crippen LogP contribution in [0.25, 0.3) is 0 Å². The fourth-order valence-electron chi connectivity index (χ4n) is 2.54. The van der Waals surface area contributed by atoms with E-state index in [1.54, 1.807) is 0 Å². The summed E-state index contributed by atoms with van der Waals surface area (Å²) in [7, 11) is 0. The van der Waals surface area contributed by atoms with Crippen LogP contribution in [0.3, 0.4) is 0 Å². The number of nitrogens with one attached hydrogen (secondary N) is 1. The van der Waals surface area contributed by atoms with E-state index in [1.807, 2.05) is 11.3 Å². The van der Waals surface area contributed by atoms with Crippen LogP contribution in [0.4, 0.5) is 0 Å². The second kappa shape index (κ2) is 8.28. The van der Waals surface area contributed by atoms with Gasteiger partial charge >= 0.3 is 0 Å². The molecule has 0 aliphatic heterocycles. The molecule has 0 aromatic carbocycles. The molecule has 2 nitrogen and oxygen atoms in total. The highest BCUT2D eigenvalue weighted by molar-refractivity contribution is 7.99. The van der Waals surface area contributed by atoms with Crippen LogP contribution < -0.4 is 5.32 Å². The minimum absolute atomic E-state index is 0.899. The van der Waals surface area contributed by atoms with Crippen molar-refractivity contribution in [1.82, 2.24) is 10.3 Å². The molecule has 4 heteroatoms. The third-order valence-corrected chi connectivity index (χ3v) is 6.28. The lowest BCUT2D eigenvalue weighted by Crippen LogP contribution is -2.13. The molecule has 0 spiro atoms. The van der Waals surface area contributed by atoms with E-state index in [0.717, 1.165) is 30.5 Å². The number of rotatable bonds is 8. The third kappa shape index (κ3) is 4.76. The van der Waals surface area contributed by atoms with E-state index in [1.165, 1.54) is 47.7 Å². The van der Waals surface area contributed by atoms with Crippen LogP contribution in [-0.2, 0) is 18.7 Å². The van der Waals surface area contributed by atoms with E-state index in [0.29, 0.717) is 0 Å². The lowest BCUT2D eigenvalue weighted by molar-refractivity contribution is 0.676. The maximum atomic E-state index is 4.83. The molecule has 0 radical (unpaired) electrons. The number of aryl methyl sites for hydroxylation is 1. The van der Waals surface area contributed by atoms with Gasteiger partial charge in [-0.2, -0.15) is 11.8 Å². The lowest BCUT2D eigenvalue weighted by Gasteiger charge is -2.05. The Balaban J connectivity index is 1.85. The van der Waals surface area contributed by atoms with Crippen LogP contribution in [0.2, 0.25) is 0 Å². The molecule has 0 saturated heterocycles. The molecule has 0 unspecified atom stereocenters. The summed E-state index contributed by atoms with van der Waals surface area (Å²) in [5.41, 5.74) is 1.32. The second-order valence-corrected chi connectivity index (χ2v) is 7.68. The van der Waals surface area contributed by atoms with Gasteiger partial charge in [-0.05, 0) is 32.2 Å². The predicted octanol–water partition coefficient (Wildman–Crippen LogP) is 4.38. The monoisotopic (exact) mass is 298 g/mol. The molecule has 1 aliphatic rings. The van der Waals surface area contributed by atoms with Crippen LogP contribution in [0.1, 0.15) is 61.5 Å². The maximum absolute atomic E-state index is 4.83. The van der Waals surface area contributed by atoms with Gasteiger partial charge < -0.3 is 5.32 Å². The van der Waals surface area contributed by atoms with Crippen LogP contribution in [0, 0.1) is 0 Å². The molecule has 108 valence electrons. The number of thioether (sulfide) groups is 1. The highest BCUT2D eigenvalue weighted by Crippen LogP contribution is 2.33. The molecular weight excluding hydrogens is 272 g/mol. The fraction of sp³-hybridized carbons (Fsp3) is 0.800. The average Bonchev–Trinajstić information content (AvgIpc) is 3.05. The van der Waals surface area contributed by atoms with Gasteiger partial charge in [-0.15, -0.1) is 11.3 Å². The zero-order valence-electron chi connectivity index (χ0n) is 12.2. The van der Waals surface area contributed by atoms with Gasteiger partial charge in [-0.3, -0.25) is 0 Å². The molecule has 1 aromatic rings. The second-order valence-electron chi connectivity index (χ2n) is 5.23. The Bertz CT molecular complexity index is 370. The smallest absolute Gasteiger partial charge is 0.103 e. The fourth-order valence-corrected chi connectivity index (χ4v) is 5.01. The lowest BCUT2D eigenvalue weighted by atomic mass is 10.3. The molecule has 0 atom stereocenters. The first-order chi connectivity index (χ1) is 9.33. The van der Waals surface area contributed by atoms with Crippen molar-refractivity contribution >= 4 is 23.1 Å². The van der Waals surface area contributed by atoms with E-state index >= 15 is 0 Å². The van der Waals surface area contributed by atoms with Gasteiger partial charge in [0, 0.05) is 22.4 Å². The van der Waals surface area contributed by atoms with Crippen molar-refractivity contribution in [3.8, 4) is 0 Å². The van der Waals surface area contributed by atoms with Gasteiger partial charge in [0.1, 0.15) is 5.01 Å². The molecule has 1 aromatic heterocycles. The molecule has 1 fully saturated rings. The molecule has 1 heterocycles. The molecule has 1 N–H and O–H groups in total. The molecule has 19 heavy (non-hydrogen) atoms. The molecular formula is C15H26N2S2. The van der Waals surface area contributed by atoms with Crippen molar-refractivity contribution in [3.05, 3.63) is 15.6 Å². The summed E-state index contributed by atoms with van der Waals surface area (Å²) in [6.07, 6.45) is 7.96. The summed E-state index contributed by atoms with van der Waals surface area (Å²) in [6, 6.07) is 0. The minimum atomic E-state index is 0.899. The van der Waals surface area contributed by atoms with Crippen LogP contribution in [0.15, 0.2) is 0 Å². The topological polar surface area (TPSA) is 24.9 Å². The standard InChI is InChI=1S/C15H26N2S2/c1-3-9-16-10-14-13(4-2)17-15(19-14)11-18-12-7-5-6-8-12/h12,16H,3-11H2,1-2H3. The van der Waals surface area contributed by atoms with Crippen molar-refractivity contribution in [2.24, 2.45) is 0 Å². The quantitative estimate of drug-likeness (QED) is 0.721. The van der Waals surface area contributed by atoms with E-state index in [4.69, 9.17) is 4.98 Å². The highest BCUT2D eigenvalue weighted by Gasteiger charge is 2.17. The third-order valence-electron chi connectivity index (χ3n) is 3.61. The Morgan fingerprint density at radius 1 is 1.32 bits per heavy atom. The van der Waals surface area contributed by atoms with Gasteiger partial charge in [-0.1, -0.05) is 26.7 Å². The SMILES string of the molecule is CCCNCc1sc(CSC2CCCC2)nc1CC. The van der Waals surface area contributed by atoms with Gasteiger partial charge in [0.25, 0.3) is 0 Å². The molecule has 0 amide bonds. The Morgan fingerprint density at radius 3 is 2.79 bits per heavy atom. The summed E-state index contributed by atoms with van der Waals surface area (Å²) in [4.78, 5) is 6.28. The maximum Gasteiger partial charge on any atom is 0.103 e. The van der Waals surface area contributed by atoms with Gasteiger partial charge in [0.2, 0.25) is 0 Å². The van der Waals surface area contributed by atoms with Gasteiger partial charge in [0.15, 0.2) is 0 Å². The van der Waals surface area contributed by atoms with E-state index in [2.05, 4.69) is 30.9 Å². The van der Waals surface area contributed by atoms with E-state index in [-0.39, 0.29) is 0 Å². The first-order valence-corrected chi connectivity index (χ1v) is 9.49. The number of hydrogen-bond acceptors (Lipinski definition) is 4. The summed E-state index contributed by atoms with van der Waals surface area (Å²) < 4.78 is 0. The van der Waals surface area contributed by atoms with Crippen LogP contribution in [0.5, 0.6) is 0 Å². The molecule has 1 aliphatic carbocycles. The first kappa shape index (κ1) is 15.3. The van der Waals surface area contributed by atoms with Crippen LogP contribution >= 0.6 is 23.1 Å². The number of hydrogen-bond donors (Lipinski definition) is 1. The van der Waals surface area contributed by atoms with Crippen molar-refractivity contribution in [3.63, 3.8) is 0 Å². The van der Waals surface area contributed by atoms with Crippen molar-refractivity contribution in [2.45, 2.75) is 69.9 Å². The van der Waals surface area contributed by atoms with E-state index < -0.39 is 0 Å². The van der Waals surface area contributed by atoms with Crippen LogP contribution in [-0.4, -0.2) is 16.8 Å². The zero-order chi connectivity index (χ0) is 13.5. The Labute approximate surface area is 125 Å². The Hall–Kier alpha value is -0.0600. The van der Waals surface area contributed by atoms with E-state index in [9.17, 15) is 0 Å². The number of thiazole rings is 1. The van der Waals surface area contributed by atoms with Gasteiger partial charge in [-0.25, -0.2) is 4.98 Å². The normalized spacial score (nSPS) is 16.3. The number of nitrogens with zero attached hydrogens (tertiary/aromatic N) is 1. The summed E-state index contributed by atoms with van der Waals surface area (Å²) >= 11 is 4.05. The summed E-state index contributed by atoms with van der Waals surface area (Å²) in [5.74, 6) is 1.12. The summed E-state index contributed by atoms with van der Waals surface area (Å²) in [5, 5.41) is 5.73. The van der Waals surface area contributed by atoms with Crippen molar-refractivity contribution in [1.29, 1.82) is 0 Å². The number of aromatic nitrogens is 1. The molecule has 1 saturated carbocycles. The predicted molar refractivity (Wildman–Crippen MR) is 87.0 cm³/mol. The Kier molecular flexibility index (Phi) is 6.68. The average molecular weight is 299 g/mol.